The van der Waals surface area contributed by atoms with Crippen molar-refractivity contribution >= 4 is 47.4 Å². The van der Waals surface area contributed by atoms with Gasteiger partial charge in [0.05, 0.1) is 12.6 Å². The Morgan fingerprint density at radius 2 is 1.69 bits per heavy atom. The molecule has 0 aliphatic carbocycles. The zero-order chi connectivity index (χ0) is 19.9. The SMILES string of the molecule is CCNC(=NCc1ccc(Cl)cc1)N1CCN(C(C)C(=O)N2CCCC2)CC1.I. The fourth-order valence-electron chi connectivity index (χ4n) is 3.86. The van der Waals surface area contributed by atoms with Gasteiger partial charge in [0.15, 0.2) is 5.96 Å². The number of halogens is 2. The Morgan fingerprint density at radius 1 is 1.07 bits per heavy atom. The molecule has 3 rings (SSSR count). The number of nitrogens with zero attached hydrogens (tertiary/aromatic N) is 4. The number of carbonyl (C=O) groups excluding carboxylic acids is 1. The van der Waals surface area contributed by atoms with E-state index in [-0.39, 0.29) is 35.9 Å². The van der Waals surface area contributed by atoms with Gasteiger partial charge in [-0.3, -0.25) is 9.69 Å². The molecule has 2 aliphatic rings. The van der Waals surface area contributed by atoms with E-state index in [0.29, 0.717) is 6.54 Å². The second-order valence-electron chi connectivity index (χ2n) is 7.53. The highest BCUT2D eigenvalue weighted by atomic mass is 127. The molecule has 0 radical (unpaired) electrons. The lowest BCUT2D eigenvalue weighted by Crippen LogP contribution is -2.57. The molecule has 2 fully saturated rings. The largest absolute Gasteiger partial charge is 0.357 e. The van der Waals surface area contributed by atoms with E-state index >= 15 is 0 Å². The van der Waals surface area contributed by atoms with E-state index in [1.807, 2.05) is 29.2 Å². The van der Waals surface area contributed by atoms with Gasteiger partial charge < -0.3 is 15.1 Å². The van der Waals surface area contributed by atoms with Gasteiger partial charge in [-0.05, 0) is 44.4 Å². The highest BCUT2D eigenvalue weighted by Gasteiger charge is 2.30. The zero-order valence-electron chi connectivity index (χ0n) is 17.4. The first kappa shape index (κ1) is 24.2. The maximum atomic E-state index is 12.7. The first-order valence-electron chi connectivity index (χ1n) is 10.4. The summed E-state index contributed by atoms with van der Waals surface area (Å²) in [4.78, 5) is 24.1. The lowest BCUT2D eigenvalue weighted by Gasteiger charge is -2.39. The molecule has 0 bridgehead atoms. The van der Waals surface area contributed by atoms with Crippen LogP contribution in [0.2, 0.25) is 5.02 Å². The van der Waals surface area contributed by atoms with Gasteiger partial charge >= 0.3 is 0 Å². The van der Waals surface area contributed by atoms with Gasteiger partial charge in [0.1, 0.15) is 0 Å². The Bertz CT molecular complexity index is 670. The van der Waals surface area contributed by atoms with Crippen molar-refractivity contribution in [1.29, 1.82) is 0 Å². The first-order valence-corrected chi connectivity index (χ1v) is 10.8. The predicted octanol–water partition coefficient (Wildman–Crippen LogP) is 3.05. The second-order valence-corrected chi connectivity index (χ2v) is 7.96. The number of rotatable bonds is 5. The van der Waals surface area contributed by atoms with Crippen molar-refractivity contribution in [3.63, 3.8) is 0 Å². The molecule has 1 amide bonds. The fourth-order valence-corrected chi connectivity index (χ4v) is 3.99. The monoisotopic (exact) mass is 533 g/mol. The predicted molar refractivity (Wildman–Crippen MR) is 130 cm³/mol. The summed E-state index contributed by atoms with van der Waals surface area (Å²) in [6.07, 6.45) is 2.28. The molecule has 1 unspecified atom stereocenters. The van der Waals surface area contributed by atoms with Crippen LogP contribution in [0.4, 0.5) is 0 Å². The number of hydrogen-bond acceptors (Lipinski definition) is 3. The van der Waals surface area contributed by atoms with Crippen molar-refractivity contribution in [3.05, 3.63) is 34.9 Å². The number of piperazine rings is 1. The maximum absolute atomic E-state index is 12.7. The molecule has 2 aliphatic heterocycles. The normalized spacial score (nSPS) is 19.1. The van der Waals surface area contributed by atoms with E-state index in [9.17, 15) is 4.79 Å². The van der Waals surface area contributed by atoms with Crippen molar-refractivity contribution in [2.75, 3.05) is 45.8 Å². The molecule has 2 saturated heterocycles. The Labute approximate surface area is 196 Å². The molecular formula is C21H33ClIN5O. The van der Waals surface area contributed by atoms with E-state index in [4.69, 9.17) is 16.6 Å². The highest BCUT2D eigenvalue weighted by Crippen LogP contribution is 2.14. The number of benzene rings is 1. The third-order valence-electron chi connectivity index (χ3n) is 5.60. The van der Waals surface area contributed by atoms with Gasteiger partial charge in [0.2, 0.25) is 5.91 Å². The highest BCUT2D eigenvalue weighted by molar-refractivity contribution is 14.0. The number of carbonyl (C=O) groups is 1. The van der Waals surface area contributed by atoms with Gasteiger partial charge in [0, 0.05) is 50.8 Å². The molecule has 1 aromatic rings. The van der Waals surface area contributed by atoms with Crippen LogP contribution in [0.1, 0.15) is 32.3 Å². The summed E-state index contributed by atoms with van der Waals surface area (Å²) in [5.74, 6) is 1.23. The topological polar surface area (TPSA) is 51.2 Å². The lowest BCUT2D eigenvalue weighted by molar-refractivity contribution is -0.135. The molecule has 2 heterocycles. The first-order chi connectivity index (χ1) is 13.6. The Hall–Kier alpha value is -1.06. The summed E-state index contributed by atoms with van der Waals surface area (Å²) in [6, 6.07) is 7.79. The minimum absolute atomic E-state index is 0. The maximum Gasteiger partial charge on any atom is 0.239 e. The number of aliphatic imine (C=N–C) groups is 1. The van der Waals surface area contributed by atoms with E-state index < -0.39 is 0 Å². The second kappa shape index (κ2) is 12.0. The number of nitrogens with one attached hydrogen (secondary N) is 1. The van der Waals surface area contributed by atoms with E-state index in [1.165, 1.54) is 0 Å². The molecule has 8 heteroatoms. The quantitative estimate of drug-likeness (QED) is 0.359. The van der Waals surface area contributed by atoms with Crippen LogP contribution in [0, 0.1) is 0 Å². The lowest BCUT2D eigenvalue weighted by atomic mass is 10.2. The summed E-state index contributed by atoms with van der Waals surface area (Å²) in [5.41, 5.74) is 1.14. The van der Waals surface area contributed by atoms with Crippen LogP contribution >= 0.6 is 35.6 Å². The van der Waals surface area contributed by atoms with Crippen molar-refractivity contribution < 1.29 is 4.79 Å². The molecule has 1 N–H and O–H groups in total. The molecule has 1 atom stereocenters. The molecule has 162 valence electrons. The fraction of sp³-hybridized carbons (Fsp3) is 0.619. The third kappa shape index (κ3) is 6.72. The summed E-state index contributed by atoms with van der Waals surface area (Å²) >= 11 is 5.96. The minimum atomic E-state index is -0.0335. The van der Waals surface area contributed by atoms with Crippen LogP contribution in [-0.2, 0) is 11.3 Å². The molecule has 29 heavy (non-hydrogen) atoms. The van der Waals surface area contributed by atoms with Crippen molar-refractivity contribution in [1.82, 2.24) is 20.0 Å². The number of hydrogen-bond donors (Lipinski definition) is 1. The van der Waals surface area contributed by atoms with Gasteiger partial charge in [-0.25, -0.2) is 4.99 Å². The Balaban J connectivity index is 0.00000300. The van der Waals surface area contributed by atoms with Gasteiger partial charge in [-0.2, -0.15) is 0 Å². The molecular weight excluding hydrogens is 501 g/mol. The van der Waals surface area contributed by atoms with Crippen LogP contribution < -0.4 is 5.32 Å². The van der Waals surface area contributed by atoms with E-state index in [0.717, 1.165) is 75.2 Å². The van der Waals surface area contributed by atoms with Crippen LogP contribution in [0.25, 0.3) is 0 Å². The van der Waals surface area contributed by atoms with Crippen molar-refractivity contribution in [2.24, 2.45) is 4.99 Å². The van der Waals surface area contributed by atoms with Crippen molar-refractivity contribution in [2.45, 2.75) is 39.3 Å². The minimum Gasteiger partial charge on any atom is -0.357 e. The summed E-state index contributed by atoms with van der Waals surface area (Å²) in [6.45, 7) is 11.0. The summed E-state index contributed by atoms with van der Waals surface area (Å²) in [5, 5.41) is 4.15. The standard InChI is InChI=1S/C21H32ClN5O.HI/c1-3-23-21(24-16-18-6-8-19(22)9-7-18)27-14-12-25(13-15-27)17(2)20(28)26-10-4-5-11-26;/h6-9,17H,3-5,10-16H2,1-2H3,(H,23,24);1H. The molecule has 0 aromatic heterocycles. The van der Waals surface area contributed by atoms with Crippen LogP contribution in [0.3, 0.4) is 0 Å². The molecule has 0 saturated carbocycles. The number of guanidine groups is 1. The van der Waals surface area contributed by atoms with Crippen LogP contribution in [0.5, 0.6) is 0 Å². The smallest absolute Gasteiger partial charge is 0.239 e. The van der Waals surface area contributed by atoms with E-state index in [1.54, 1.807) is 0 Å². The average molecular weight is 534 g/mol. The number of amides is 1. The average Bonchev–Trinajstić information content (AvgIpc) is 3.26. The molecule has 1 aromatic carbocycles. The van der Waals surface area contributed by atoms with Gasteiger partial charge in [-0.15, -0.1) is 24.0 Å². The third-order valence-corrected chi connectivity index (χ3v) is 5.85. The van der Waals surface area contributed by atoms with Gasteiger partial charge in [-0.1, -0.05) is 23.7 Å². The Morgan fingerprint density at radius 3 is 2.28 bits per heavy atom. The van der Waals surface area contributed by atoms with Crippen LogP contribution in [-0.4, -0.2) is 78.4 Å². The Kier molecular flexibility index (Phi) is 9.98. The van der Waals surface area contributed by atoms with Crippen LogP contribution in [0.15, 0.2) is 29.3 Å². The van der Waals surface area contributed by atoms with Crippen molar-refractivity contribution in [3.8, 4) is 0 Å². The zero-order valence-corrected chi connectivity index (χ0v) is 20.5. The molecule has 6 nitrogen and oxygen atoms in total. The van der Waals surface area contributed by atoms with E-state index in [2.05, 4.69) is 29.0 Å². The number of likely N-dealkylation sites (tertiary alicyclic amines) is 1. The summed E-state index contributed by atoms with van der Waals surface area (Å²) < 4.78 is 0. The molecule has 0 spiro atoms. The van der Waals surface area contributed by atoms with Gasteiger partial charge in [0.25, 0.3) is 0 Å². The summed E-state index contributed by atoms with van der Waals surface area (Å²) in [7, 11) is 0.